The topological polar surface area (TPSA) is 17.1 Å². The Morgan fingerprint density at radius 3 is 2.62 bits per heavy atom. The number of carbonyl (C=O) groups is 1. The van der Waals surface area contributed by atoms with Crippen molar-refractivity contribution in [3.05, 3.63) is 40.9 Å². The molecule has 0 spiro atoms. The fourth-order valence-corrected chi connectivity index (χ4v) is 2.24. The first-order valence-electron chi connectivity index (χ1n) is 5.38. The number of halogens is 1. The van der Waals surface area contributed by atoms with Crippen molar-refractivity contribution < 1.29 is 4.79 Å². The molecular formula is C13H13ClOS. The number of rotatable bonds is 4. The largest absolute Gasteiger partial charge is 0.287 e. The second-order valence-corrected chi connectivity index (χ2v) is 5.40. The standard InChI is InChI=1S/C13H13ClOS/c14-11-6-8-12(9-7-11)16-13(15)3-1-2-10-4-5-10/h2,6-9H,1,3-5H2. The van der Waals surface area contributed by atoms with Gasteiger partial charge in [0.1, 0.15) is 0 Å². The summed E-state index contributed by atoms with van der Waals surface area (Å²) >= 11 is 7.07. The molecule has 1 aromatic carbocycles. The molecule has 1 fully saturated rings. The molecule has 0 N–H and O–H groups in total. The predicted molar refractivity (Wildman–Crippen MR) is 68.9 cm³/mol. The van der Waals surface area contributed by atoms with Crippen LogP contribution in [0.3, 0.4) is 0 Å². The van der Waals surface area contributed by atoms with Crippen molar-refractivity contribution in [2.24, 2.45) is 0 Å². The number of allylic oxidation sites excluding steroid dienone is 2. The summed E-state index contributed by atoms with van der Waals surface area (Å²) in [7, 11) is 0. The van der Waals surface area contributed by atoms with Crippen LogP contribution in [0.25, 0.3) is 0 Å². The molecule has 0 amide bonds. The second-order valence-electron chi connectivity index (χ2n) is 3.83. The molecule has 1 aliphatic carbocycles. The van der Waals surface area contributed by atoms with E-state index in [2.05, 4.69) is 6.08 Å². The summed E-state index contributed by atoms with van der Waals surface area (Å²) in [6.45, 7) is 0. The SMILES string of the molecule is O=C(CCC=C1CC1)Sc1ccc(Cl)cc1. The third-order valence-corrected chi connectivity index (χ3v) is 3.56. The highest BCUT2D eigenvalue weighted by molar-refractivity contribution is 8.13. The predicted octanol–water partition coefficient (Wildman–Crippen LogP) is 4.46. The van der Waals surface area contributed by atoms with E-state index in [4.69, 9.17) is 11.6 Å². The van der Waals surface area contributed by atoms with Crippen LogP contribution in [-0.4, -0.2) is 5.12 Å². The molecule has 3 heteroatoms. The molecular weight excluding hydrogens is 240 g/mol. The van der Waals surface area contributed by atoms with E-state index >= 15 is 0 Å². The minimum absolute atomic E-state index is 0.222. The molecule has 0 radical (unpaired) electrons. The summed E-state index contributed by atoms with van der Waals surface area (Å²) in [4.78, 5) is 12.6. The average molecular weight is 253 g/mol. The minimum atomic E-state index is 0.222. The van der Waals surface area contributed by atoms with Crippen LogP contribution in [0.1, 0.15) is 25.7 Å². The third-order valence-electron chi connectivity index (χ3n) is 2.37. The van der Waals surface area contributed by atoms with Gasteiger partial charge in [0, 0.05) is 16.3 Å². The van der Waals surface area contributed by atoms with Crippen molar-refractivity contribution in [1.82, 2.24) is 0 Å². The lowest BCUT2D eigenvalue weighted by atomic mass is 10.3. The van der Waals surface area contributed by atoms with Crippen molar-refractivity contribution in [3.63, 3.8) is 0 Å². The molecule has 0 bridgehead atoms. The van der Waals surface area contributed by atoms with E-state index in [1.54, 1.807) is 0 Å². The number of benzene rings is 1. The van der Waals surface area contributed by atoms with E-state index in [-0.39, 0.29) is 5.12 Å². The highest BCUT2D eigenvalue weighted by Gasteiger charge is 2.10. The van der Waals surface area contributed by atoms with E-state index in [0.717, 1.165) is 11.3 Å². The van der Waals surface area contributed by atoms with Gasteiger partial charge < -0.3 is 0 Å². The van der Waals surface area contributed by atoms with Gasteiger partial charge in [0.05, 0.1) is 0 Å². The molecule has 0 aromatic heterocycles. The molecule has 1 nitrogen and oxygen atoms in total. The Morgan fingerprint density at radius 2 is 2.00 bits per heavy atom. The van der Waals surface area contributed by atoms with Gasteiger partial charge in [-0.05, 0) is 43.5 Å². The fraction of sp³-hybridized carbons (Fsp3) is 0.308. The van der Waals surface area contributed by atoms with Crippen molar-refractivity contribution in [1.29, 1.82) is 0 Å². The van der Waals surface area contributed by atoms with Gasteiger partial charge in [-0.25, -0.2) is 0 Å². The van der Waals surface area contributed by atoms with E-state index in [9.17, 15) is 4.79 Å². The molecule has 1 saturated carbocycles. The van der Waals surface area contributed by atoms with E-state index < -0.39 is 0 Å². The summed E-state index contributed by atoms with van der Waals surface area (Å²) < 4.78 is 0. The lowest BCUT2D eigenvalue weighted by Gasteiger charge is -1.99. The fourth-order valence-electron chi connectivity index (χ4n) is 1.36. The molecule has 0 unspecified atom stereocenters. The van der Waals surface area contributed by atoms with E-state index in [0.29, 0.717) is 11.4 Å². The Labute approximate surface area is 105 Å². The monoisotopic (exact) mass is 252 g/mol. The van der Waals surface area contributed by atoms with Gasteiger partial charge >= 0.3 is 0 Å². The van der Waals surface area contributed by atoms with Crippen LogP contribution in [0.2, 0.25) is 5.02 Å². The first-order chi connectivity index (χ1) is 7.74. The smallest absolute Gasteiger partial charge is 0.193 e. The van der Waals surface area contributed by atoms with Crippen LogP contribution in [0.15, 0.2) is 40.8 Å². The number of hydrogen-bond acceptors (Lipinski definition) is 2. The Kier molecular flexibility index (Phi) is 4.08. The zero-order valence-corrected chi connectivity index (χ0v) is 10.5. The summed E-state index contributed by atoms with van der Waals surface area (Å²) in [6, 6.07) is 7.38. The van der Waals surface area contributed by atoms with Crippen LogP contribution in [0, 0.1) is 0 Å². The number of thioether (sulfide) groups is 1. The maximum absolute atomic E-state index is 11.6. The first kappa shape index (κ1) is 11.7. The molecule has 2 rings (SSSR count). The summed E-state index contributed by atoms with van der Waals surface area (Å²) in [5.74, 6) is 0. The van der Waals surface area contributed by atoms with E-state index in [1.165, 1.54) is 30.2 Å². The Bertz CT molecular complexity index is 402. The molecule has 0 atom stereocenters. The number of carbonyl (C=O) groups excluding carboxylic acids is 1. The lowest BCUT2D eigenvalue weighted by Crippen LogP contribution is -1.89. The average Bonchev–Trinajstić information content (AvgIpc) is 3.05. The molecule has 84 valence electrons. The van der Waals surface area contributed by atoms with Gasteiger partial charge in [-0.3, -0.25) is 4.79 Å². The number of hydrogen-bond donors (Lipinski definition) is 0. The maximum Gasteiger partial charge on any atom is 0.193 e. The molecule has 0 saturated heterocycles. The normalized spacial score (nSPS) is 13.7. The molecule has 0 heterocycles. The third kappa shape index (κ3) is 4.03. The summed E-state index contributed by atoms with van der Waals surface area (Å²) in [5.41, 5.74) is 1.50. The van der Waals surface area contributed by atoms with Crippen molar-refractivity contribution >= 4 is 28.5 Å². The van der Waals surface area contributed by atoms with Crippen LogP contribution < -0.4 is 0 Å². The summed E-state index contributed by atoms with van der Waals surface area (Å²) in [5, 5.41) is 0.926. The van der Waals surface area contributed by atoms with Crippen molar-refractivity contribution in [2.45, 2.75) is 30.6 Å². The zero-order valence-electron chi connectivity index (χ0n) is 8.91. The van der Waals surface area contributed by atoms with Gasteiger partial charge in [0.15, 0.2) is 5.12 Å². The van der Waals surface area contributed by atoms with Crippen LogP contribution in [0.5, 0.6) is 0 Å². The van der Waals surface area contributed by atoms with Gasteiger partial charge in [-0.15, -0.1) is 0 Å². The highest BCUT2D eigenvalue weighted by atomic mass is 35.5. The Hall–Kier alpha value is -0.730. The van der Waals surface area contributed by atoms with Gasteiger partial charge in [0.2, 0.25) is 0 Å². The lowest BCUT2D eigenvalue weighted by molar-refractivity contribution is -0.110. The van der Waals surface area contributed by atoms with Crippen LogP contribution in [0.4, 0.5) is 0 Å². The second kappa shape index (κ2) is 5.55. The highest BCUT2D eigenvalue weighted by Crippen LogP contribution is 2.29. The zero-order chi connectivity index (χ0) is 11.4. The van der Waals surface area contributed by atoms with Gasteiger partial charge in [-0.1, -0.05) is 35.0 Å². The van der Waals surface area contributed by atoms with Gasteiger partial charge in [-0.2, -0.15) is 0 Å². The Balaban J connectivity index is 1.77. The van der Waals surface area contributed by atoms with Crippen molar-refractivity contribution in [3.8, 4) is 0 Å². The van der Waals surface area contributed by atoms with Gasteiger partial charge in [0.25, 0.3) is 0 Å². The molecule has 1 aromatic rings. The molecule has 1 aliphatic rings. The van der Waals surface area contributed by atoms with Crippen LogP contribution in [-0.2, 0) is 4.79 Å². The first-order valence-corrected chi connectivity index (χ1v) is 6.57. The Morgan fingerprint density at radius 1 is 1.31 bits per heavy atom. The quantitative estimate of drug-likeness (QED) is 0.581. The molecule has 16 heavy (non-hydrogen) atoms. The minimum Gasteiger partial charge on any atom is -0.287 e. The van der Waals surface area contributed by atoms with Crippen molar-refractivity contribution in [2.75, 3.05) is 0 Å². The van der Waals surface area contributed by atoms with E-state index in [1.807, 2.05) is 24.3 Å². The summed E-state index contributed by atoms with van der Waals surface area (Å²) in [6.07, 6.45) is 6.17. The van der Waals surface area contributed by atoms with Crippen LogP contribution >= 0.6 is 23.4 Å². The maximum atomic E-state index is 11.6. The molecule has 0 aliphatic heterocycles.